The topological polar surface area (TPSA) is 38.2 Å². The third-order valence-electron chi connectivity index (χ3n) is 4.82. The molecule has 2 bridgehead atoms. The van der Waals surface area contributed by atoms with Crippen LogP contribution in [-0.2, 0) is 0 Å². The molecule has 0 radical (unpaired) electrons. The summed E-state index contributed by atoms with van der Waals surface area (Å²) in [5, 5.41) is 8.60. The van der Waals surface area contributed by atoms with Gasteiger partial charge in [-0.25, -0.2) is 0 Å². The number of hydrogen-bond acceptors (Lipinski definition) is 4. The van der Waals surface area contributed by atoms with E-state index in [0.717, 1.165) is 17.8 Å². The molecule has 3 aliphatic rings. The second-order valence-electron chi connectivity index (χ2n) is 6.42. The maximum absolute atomic E-state index is 6.09. The van der Waals surface area contributed by atoms with E-state index >= 15 is 0 Å². The summed E-state index contributed by atoms with van der Waals surface area (Å²) >= 11 is 0. The van der Waals surface area contributed by atoms with Crippen molar-refractivity contribution in [3.05, 3.63) is 42.0 Å². The SMILES string of the molecule is Cc1cccc(-c2ccc(OC3CN4CCC3CC4)nn2)c1. The number of hydrogen-bond donors (Lipinski definition) is 0. The number of piperidine rings is 3. The molecular formula is C18H21N3O. The Morgan fingerprint density at radius 2 is 1.95 bits per heavy atom. The molecule has 1 aromatic heterocycles. The first-order valence-corrected chi connectivity index (χ1v) is 8.08. The molecule has 3 saturated heterocycles. The average molecular weight is 295 g/mol. The summed E-state index contributed by atoms with van der Waals surface area (Å²) in [6.45, 7) is 5.57. The summed E-state index contributed by atoms with van der Waals surface area (Å²) in [5.74, 6) is 1.33. The lowest BCUT2D eigenvalue weighted by molar-refractivity contribution is -0.0103. The Hall–Kier alpha value is -1.94. The van der Waals surface area contributed by atoms with Crippen LogP contribution in [0.1, 0.15) is 18.4 Å². The molecular weight excluding hydrogens is 274 g/mol. The predicted molar refractivity (Wildman–Crippen MR) is 85.8 cm³/mol. The average Bonchev–Trinajstić information content (AvgIpc) is 2.57. The van der Waals surface area contributed by atoms with Crippen molar-refractivity contribution in [2.45, 2.75) is 25.9 Å². The molecule has 3 fully saturated rings. The first-order valence-electron chi connectivity index (χ1n) is 8.08. The molecule has 2 aromatic rings. The third kappa shape index (κ3) is 2.71. The van der Waals surface area contributed by atoms with Crippen LogP contribution in [0.2, 0.25) is 0 Å². The van der Waals surface area contributed by atoms with Gasteiger partial charge in [0.1, 0.15) is 6.10 Å². The molecule has 5 rings (SSSR count). The smallest absolute Gasteiger partial charge is 0.233 e. The molecule has 4 heterocycles. The van der Waals surface area contributed by atoms with Gasteiger partial charge in [-0.05, 0) is 50.9 Å². The van der Waals surface area contributed by atoms with Gasteiger partial charge in [0.15, 0.2) is 0 Å². The van der Waals surface area contributed by atoms with E-state index < -0.39 is 0 Å². The zero-order chi connectivity index (χ0) is 14.9. The van der Waals surface area contributed by atoms with Crippen LogP contribution in [0, 0.1) is 12.8 Å². The first-order chi connectivity index (χ1) is 10.8. The molecule has 0 N–H and O–H groups in total. The number of aromatic nitrogens is 2. The highest BCUT2D eigenvalue weighted by molar-refractivity contribution is 5.59. The highest BCUT2D eigenvalue weighted by atomic mass is 16.5. The van der Waals surface area contributed by atoms with Gasteiger partial charge in [-0.1, -0.05) is 23.8 Å². The van der Waals surface area contributed by atoms with Crippen molar-refractivity contribution >= 4 is 0 Å². The molecule has 1 aromatic carbocycles. The van der Waals surface area contributed by atoms with Gasteiger partial charge >= 0.3 is 0 Å². The van der Waals surface area contributed by atoms with Crippen LogP contribution in [0.4, 0.5) is 0 Å². The van der Waals surface area contributed by atoms with Crippen LogP contribution in [0.15, 0.2) is 36.4 Å². The maximum Gasteiger partial charge on any atom is 0.233 e. The van der Waals surface area contributed by atoms with Crippen molar-refractivity contribution in [2.75, 3.05) is 19.6 Å². The fraction of sp³-hybridized carbons (Fsp3) is 0.444. The van der Waals surface area contributed by atoms with E-state index in [-0.39, 0.29) is 6.10 Å². The molecule has 0 spiro atoms. The van der Waals surface area contributed by atoms with Gasteiger partial charge in [0.25, 0.3) is 0 Å². The maximum atomic E-state index is 6.09. The largest absolute Gasteiger partial charge is 0.472 e. The molecule has 1 atom stereocenters. The molecule has 0 aliphatic carbocycles. The summed E-state index contributed by atoms with van der Waals surface area (Å²) in [6.07, 6.45) is 2.78. The molecule has 0 amide bonds. The molecule has 4 nitrogen and oxygen atoms in total. The second kappa shape index (κ2) is 5.69. The Labute approximate surface area is 131 Å². The molecule has 3 aliphatic heterocycles. The minimum Gasteiger partial charge on any atom is -0.472 e. The summed E-state index contributed by atoms with van der Waals surface area (Å²) in [5.41, 5.74) is 3.22. The Morgan fingerprint density at radius 3 is 2.59 bits per heavy atom. The Balaban J connectivity index is 1.48. The van der Waals surface area contributed by atoms with Gasteiger partial charge in [0.05, 0.1) is 5.69 Å². The normalized spacial score (nSPS) is 26.9. The lowest BCUT2D eigenvalue weighted by Crippen LogP contribution is -2.52. The summed E-state index contributed by atoms with van der Waals surface area (Å²) < 4.78 is 6.09. The highest BCUT2D eigenvalue weighted by Crippen LogP contribution is 2.30. The van der Waals surface area contributed by atoms with E-state index in [0.29, 0.717) is 11.8 Å². The Bertz CT molecular complexity index is 648. The van der Waals surface area contributed by atoms with Crippen molar-refractivity contribution in [1.29, 1.82) is 0 Å². The van der Waals surface area contributed by atoms with E-state index in [4.69, 9.17) is 4.74 Å². The van der Waals surface area contributed by atoms with E-state index in [1.54, 1.807) is 0 Å². The summed E-state index contributed by atoms with van der Waals surface area (Å²) in [6, 6.07) is 12.3. The van der Waals surface area contributed by atoms with Crippen LogP contribution < -0.4 is 4.74 Å². The predicted octanol–water partition coefficient (Wildman–Crippen LogP) is 2.93. The van der Waals surface area contributed by atoms with Crippen LogP contribution in [0.5, 0.6) is 5.88 Å². The van der Waals surface area contributed by atoms with Crippen molar-refractivity contribution in [3.8, 4) is 17.1 Å². The van der Waals surface area contributed by atoms with Crippen molar-refractivity contribution in [2.24, 2.45) is 5.92 Å². The summed E-state index contributed by atoms with van der Waals surface area (Å²) in [4.78, 5) is 2.49. The molecule has 114 valence electrons. The van der Waals surface area contributed by atoms with Gasteiger partial charge in [0.2, 0.25) is 5.88 Å². The van der Waals surface area contributed by atoms with Crippen LogP contribution >= 0.6 is 0 Å². The molecule has 0 saturated carbocycles. The van der Waals surface area contributed by atoms with E-state index in [1.165, 1.54) is 31.5 Å². The van der Waals surface area contributed by atoms with Crippen LogP contribution in [0.3, 0.4) is 0 Å². The standard InChI is InChI=1S/C18H21N3O/c1-13-3-2-4-15(11-13)16-5-6-18(20-19-16)22-17-12-21-9-7-14(17)8-10-21/h2-6,11,14,17H,7-10,12H2,1H3. The van der Waals surface area contributed by atoms with E-state index in [9.17, 15) is 0 Å². The van der Waals surface area contributed by atoms with Gasteiger partial charge in [-0.3, -0.25) is 4.90 Å². The number of rotatable bonds is 3. The van der Waals surface area contributed by atoms with Gasteiger partial charge in [-0.2, -0.15) is 0 Å². The Kier molecular flexibility index (Phi) is 3.54. The fourth-order valence-electron chi connectivity index (χ4n) is 3.54. The summed E-state index contributed by atoms with van der Waals surface area (Å²) in [7, 11) is 0. The van der Waals surface area contributed by atoms with E-state index in [1.807, 2.05) is 18.2 Å². The van der Waals surface area contributed by atoms with Gasteiger partial charge in [-0.15, -0.1) is 10.2 Å². The quantitative estimate of drug-likeness (QED) is 0.872. The lowest BCUT2D eigenvalue weighted by atomic mass is 9.86. The number of aryl methyl sites for hydroxylation is 1. The number of fused-ring (bicyclic) bond motifs is 3. The molecule has 1 unspecified atom stereocenters. The monoisotopic (exact) mass is 295 g/mol. The molecule has 4 heteroatoms. The number of nitrogens with zero attached hydrogens (tertiary/aromatic N) is 3. The minimum absolute atomic E-state index is 0.279. The number of ether oxygens (including phenoxy) is 1. The number of benzene rings is 1. The van der Waals surface area contributed by atoms with Gasteiger partial charge in [0, 0.05) is 18.2 Å². The van der Waals surface area contributed by atoms with Gasteiger partial charge < -0.3 is 4.74 Å². The lowest BCUT2D eigenvalue weighted by Gasteiger charge is -2.44. The van der Waals surface area contributed by atoms with Crippen molar-refractivity contribution in [1.82, 2.24) is 15.1 Å². The third-order valence-corrected chi connectivity index (χ3v) is 4.82. The van der Waals surface area contributed by atoms with Crippen molar-refractivity contribution in [3.63, 3.8) is 0 Å². The fourth-order valence-corrected chi connectivity index (χ4v) is 3.54. The van der Waals surface area contributed by atoms with E-state index in [2.05, 4.69) is 40.2 Å². The van der Waals surface area contributed by atoms with Crippen molar-refractivity contribution < 1.29 is 4.74 Å². The zero-order valence-corrected chi connectivity index (χ0v) is 12.9. The highest BCUT2D eigenvalue weighted by Gasteiger charge is 2.35. The zero-order valence-electron chi connectivity index (χ0n) is 12.9. The second-order valence-corrected chi connectivity index (χ2v) is 6.42. The van der Waals surface area contributed by atoms with Crippen LogP contribution in [-0.4, -0.2) is 40.8 Å². The first kappa shape index (κ1) is 13.7. The van der Waals surface area contributed by atoms with Crippen LogP contribution in [0.25, 0.3) is 11.3 Å². The molecule has 22 heavy (non-hydrogen) atoms. The Morgan fingerprint density at radius 1 is 1.09 bits per heavy atom. The minimum atomic E-state index is 0.279.